The van der Waals surface area contributed by atoms with Gasteiger partial charge in [-0.3, -0.25) is 4.79 Å². The van der Waals surface area contributed by atoms with E-state index in [1.807, 2.05) is 36.6 Å². The Kier molecular flexibility index (Phi) is 5.85. The number of carbonyl (C=O) groups excluding carboxylic acids is 1. The third-order valence-electron chi connectivity index (χ3n) is 5.18. The van der Waals surface area contributed by atoms with E-state index in [0.29, 0.717) is 23.8 Å². The summed E-state index contributed by atoms with van der Waals surface area (Å²) in [6.45, 7) is 7.50. The molecule has 0 aromatic carbocycles. The maximum absolute atomic E-state index is 12.5. The van der Waals surface area contributed by atoms with E-state index < -0.39 is 0 Å². The lowest BCUT2D eigenvalue weighted by Gasteiger charge is -2.34. The molecule has 0 spiro atoms. The zero-order chi connectivity index (χ0) is 17.8. The van der Waals surface area contributed by atoms with Gasteiger partial charge in [0.25, 0.3) is 0 Å². The van der Waals surface area contributed by atoms with Crippen LogP contribution in [0.15, 0.2) is 6.07 Å². The van der Waals surface area contributed by atoms with Crippen LogP contribution in [0.3, 0.4) is 0 Å². The van der Waals surface area contributed by atoms with Crippen molar-refractivity contribution in [2.75, 3.05) is 42.6 Å². The Hall–Kier alpha value is -1.74. The number of nitrogens with zero attached hydrogens (tertiary/aromatic N) is 4. The zero-order valence-electron chi connectivity index (χ0n) is 15.1. The predicted molar refractivity (Wildman–Crippen MR) is 102 cm³/mol. The molecule has 0 unspecified atom stereocenters. The quantitative estimate of drug-likeness (QED) is 0.831. The van der Waals surface area contributed by atoms with Crippen molar-refractivity contribution < 1.29 is 4.79 Å². The minimum absolute atomic E-state index is 0.320. The Morgan fingerprint density at radius 1 is 1.28 bits per heavy atom. The van der Waals surface area contributed by atoms with Crippen LogP contribution in [0.2, 0.25) is 0 Å². The number of carbonyl (C=O) groups is 1. The van der Waals surface area contributed by atoms with Gasteiger partial charge in [-0.25, -0.2) is 4.98 Å². The number of aromatic nitrogens is 1. The second-order valence-electron chi connectivity index (χ2n) is 7.02. The molecule has 0 aliphatic carbocycles. The molecule has 1 aromatic rings. The van der Waals surface area contributed by atoms with Gasteiger partial charge in [0.15, 0.2) is 0 Å². The molecule has 1 amide bonds. The average Bonchev–Trinajstić information content (AvgIpc) is 2.62. The minimum Gasteiger partial charge on any atom is -0.355 e. The molecule has 2 aliphatic heterocycles. The van der Waals surface area contributed by atoms with Gasteiger partial charge in [-0.2, -0.15) is 17.0 Å². The highest BCUT2D eigenvalue weighted by atomic mass is 32.2. The summed E-state index contributed by atoms with van der Waals surface area (Å²) < 4.78 is 0. The zero-order valence-corrected chi connectivity index (χ0v) is 15.9. The number of pyridine rings is 1. The van der Waals surface area contributed by atoms with E-state index in [2.05, 4.69) is 16.0 Å². The summed E-state index contributed by atoms with van der Waals surface area (Å²) >= 11 is 1.93. The lowest BCUT2D eigenvalue weighted by Crippen LogP contribution is -2.41. The maximum Gasteiger partial charge on any atom is 0.222 e. The van der Waals surface area contributed by atoms with Gasteiger partial charge in [0, 0.05) is 49.8 Å². The molecule has 0 bridgehead atoms. The van der Waals surface area contributed by atoms with E-state index in [-0.39, 0.29) is 0 Å². The number of piperidine rings is 1. The van der Waals surface area contributed by atoms with Gasteiger partial charge >= 0.3 is 0 Å². The molecular formula is C19H26N4OS. The van der Waals surface area contributed by atoms with Crippen LogP contribution in [0, 0.1) is 31.1 Å². The number of hydrogen-bond donors (Lipinski definition) is 0. The molecule has 0 saturated carbocycles. The second-order valence-corrected chi connectivity index (χ2v) is 8.24. The standard InChI is InChI=1S/C19H26N4OS/c1-14-11-15(2)21-19(17(14)13-20)23-5-3-16(4-6-23)12-18(24)22-7-9-25-10-8-22/h11,16H,3-10,12H2,1-2H3. The summed E-state index contributed by atoms with van der Waals surface area (Å²) in [6, 6.07) is 4.27. The fourth-order valence-electron chi connectivity index (χ4n) is 3.72. The van der Waals surface area contributed by atoms with Crippen molar-refractivity contribution in [1.29, 1.82) is 5.26 Å². The highest BCUT2D eigenvalue weighted by Gasteiger charge is 2.26. The van der Waals surface area contributed by atoms with Crippen LogP contribution in [0.25, 0.3) is 0 Å². The molecule has 2 saturated heterocycles. The topological polar surface area (TPSA) is 60.2 Å². The Morgan fingerprint density at radius 3 is 2.60 bits per heavy atom. The summed E-state index contributed by atoms with van der Waals surface area (Å²) in [7, 11) is 0. The van der Waals surface area contributed by atoms with Crippen molar-refractivity contribution >= 4 is 23.5 Å². The molecule has 5 nitrogen and oxygen atoms in total. The first-order valence-electron chi connectivity index (χ1n) is 9.07. The summed E-state index contributed by atoms with van der Waals surface area (Å²) in [5, 5.41) is 9.47. The average molecular weight is 359 g/mol. The first-order valence-corrected chi connectivity index (χ1v) is 10.2. The van der Waals surface area contributed by atoms with Crippen LogP contribution >= 0.6 is 11.8 Å². The molecule has 6 heteroatoms. The fourth-order valence-corrected chi connectivity index (χ4v) is 4.62. The normalized spacial score (nSPS) is 18.9. The Bertz CT molecular complexity index is 671. The highest BCUT2D eigenvalue weighted by Crippen LogP contribution is 2.28. The van der Waals surface area contributed by atoms with Gasteiger partial charge in [0.1, 0.15) is 11.9 Å². The third-order valence-corrected chi connectivity index (χ3v) is 6.12. The molecule has 0 radical (unpaired) electrons. The number of thioether (sulfide) groups is 1. The van der Waals surface area contributed by atoms with Gasteiger partial charge in [-0.15, -0.1) is 0 Å². The molecule has 2 aliphatic rings. The van der Waals surface area contributed by atoms with Gasteiger partial charge in [-0.1, -0.05) is 0 Å². The highest BCUT2D eigenvalue weighted by molar-refractivity contribution is 7.99. The molecule has 25 heavy (non-hydrogen) atoms. The van der Waals surface area contributed by atoms with Crippen molar-refractivity contribution in [2.24, 2.45) is 5.92 Å². The number of anilines is 1. The van der Waals surface area contributed by atoms with E-state index >= 15 is 0 Å². The van der Waals surface area contributed by atoms with Crippen molar-refractivity contribution in [3.05, 3.63) is 22.9 Å². The monoisotopic (exact) mass is 358 g/mol. The molecule has 0 N–H and O–H groups in total. The van der Waals surface area contributed by atoms with Crippen molar-refractivity contribution in [3.8, 4) is 6.07 Å². The number of hydrogen-bond acceptors (Lipinski definition) is 5. The summed E-state index contributed by atoms with van der Waals surface area (Å²) in [5.41, 5.74) is 2.63. The molecular weight excluding hydrogens is 332 g/mol. The number of rotatable bonds is 3. The second kappa shape index (κ2) is 8.09. The van der Waals surface area contributed by atoms with Gasteiger partial charge < -0.3 is 9.80 Å². The Balaban J connectivity index is 1.59. The number of amides is 1. The van der Waals surface area contributed by atoms with E-state index in [1.165, 1.54) is 0 Å². The van der Waals surface area contributed by atoms with Gasteiger partial charge in [-0.05, 0) is 44.2 Å². The lowest BCUT2D eigenvalue weighted by molar-refractivity contribution is -0.132. The van der Waals surface area contributed by atoms with Crippen LogP contribution < -0.4 is 4.90 Å². The van der Waals surface area contributed by atoms with Crippen molar-refractivity contribution in [3.63, 3.8) is 0 Å². The van der Waals surface area contributed by atoms with Crippen LogP contribution in [-0.2, 0) is 4.79 Å². The van der Waals surface area contributed by atoms with Crippen LogP contribution in [0.4, 0.5) is 5.82 Å². The molecule has 134 valence electrons. The van der Waals surface area contributed by atoms with Gasteiger partial charge in [0.05, 0.1) is 5.56 Å². The maximum atomic E-state index is 12.5. The molecule has 2 fully saturated rings. The van der Waals surface area contributed by atoms with Crippen molar-refractivity contribution in [2.45, 2.75) is 33.1 Å². The molecule has 3 heterocycles. The summed E-state index contributed by atoms with van der Waals surface area (Å²) in [6.07, 6.45) is 2.66. The van der Waals surface area contributed by atoms with E-state index in [0.717, 1.165) is 67.6 Å². The fraction of sp³-hybridized carbons (Fsp3) is 0.632. The minimum atomic E-state index is 0.320. The van der Waals surface area contributed by atoms with Crippen LogP contribution in [0.5, 0.6) is 0 Å². The SMILES string of the molecule is Cc1cc(C)c(C#N)c(N2CCC(CC(=O)N3CCSCC3)CC2)n1. The first kappa shape index (κ1) is 18.1. The first-order chi connectivity index (χ1) is 12.1. The van der Waals surface area contributed by atoms with Crippen LogP contribution in [0.1, 0.15) is 36.1 Å². The lowest BCUT2D eigenvalue weighted by atomic mass is 9.92. The van der Waals surface area contributed by atoms with Gasteiger partial charge in [0.2, 0.25) is 5.91 Å². The van der Waals surface area contributed by atoms with E-state index in [1.54, 1.807) is 0 Å². The Labute approximate surface area is 154 Å². The number of nitriles is 1. The van der Waals surface area contributed by atoms with Crippen LogP contribution in [-0.4, -0.2) is 53.5 Å². The predicted octanol–water partition coefficient (Wildman–Crippen LogP) is 2.75. The summed E-state index contributed by atoms with van der Waals surface area (Å²) in [5.74, 6) is 3.73. The Morgan fingerprint density at radius 2 is 1.96 bits per heavy atom. The third kappa shape index (κ3) is 4.27. The number of aryl methyl sites for hydroxylation is 2. The molecule has 0 atom stereocenters. The smallest absolute Gasteiger partial charge is 0.222 e. The molecule has 3 rings (SSSR count). The van der Waals surface area contributed by atoms with E-state index in [4.69, 9.17) is 0 Å². The van der Waals surface area contributed by atoms with E-state index in [9.17, 15) is 10.1 Å². The largest absolute Gasteiger partial charge is 0.355 e. The summed E-state index contributed by atoms with van der Waals surface area (Å²) in [4.78, 5) is 21.3. The molecule has 1 aromatic heterocycles. The van der Waals surface area contributed by atoms with Crippen molar-refractivity contribution in [1.82, 2.24) is 9.88 Å².